The summed E-state index contributed by atoms with van der Waals surface area (Å²) in [5.41, 5.74) is -1.15. The Morgan fingerprint density at radius 2 is 1.65 bits per heavy atom. The van der Waals surface area contributed by atoms with Crippen molar-refractivity contribution in [3.8, 4) is 5.75 Å². The maximum atomic E-state index is 12.7. The summed E-state index contributed by atoms with van der Waals surface area (Å²) in [6.45, 7) is 5.46. The van der Waals surface area contributed by atoms with Gasteiger partial charge in [0.25, 0.3) is 11.8 Å². The number of carbonyl (C=O) groups is 2. The van der Waals surface area contributed by atoms with Crippen LogP contribution < -0.4 is 20.8 Å². The van der Waals surface area contributed by atoms with Crippen molar-refractivity contribution in [2.24, 2.45) is 0 Å². The van der Waals surface area contributed by atoms with E-state index in [1.807, 2.05) is 13.8 Å². The van der Waals surface area contributed by atoms with Crippen LogP contribution in [0.2, 0.25) is 0 Å². The summed E-state index contributed by atoms with van der Waals surface area (Å²) in [6.07, 6.45) is -1.47. The zero-order valence-corrected chi connectivity index (χ0v) is 17.4. The largest absolute Gasteiger partial charge is 0.573 e. The number of aromatic nitrogens is 1. The molecular formula is C21H24F3N3O4. The van der Waals surface area contributed by atoms with E-state index < -0.39 is 29.4 Å². The molecule has 168 valence electrons. The van der Waals surface area contributed by atoms with Gasteiger partial charge in [-0.1, -0.05) is 25.1 Å². The number of hydrogen-bond donors (Lipinski definition) is 2. The summed E-state index contributed by atoms with van der Waals surface area (Å²) in [4.78, 5) is 37.7. The molecule has 2 amide bonds. The molecule has 1 aromatic heterocycles. The molecule has 0 bridgehead atoms. The molecule has 1 atom stereocenters. The molecule has 0 unspecified atom stereocenters. The van der Waals surface area contributed by atoms with Gasteiger partial charge in [-0.25, -0.2) is 0 Å². The maximum absolute atomic E-state index is 12.7. The lowest BCUT2D eigenvalue weighted by Gasteiger charge is -2.17. The summed E-state index contributed by atoms with van der Waals surface area (Å²) in [7, 11) is 0. The average molecular weight is 439 g/mol. The van der Waals surface area contributed by atoms with Crippen molar-refractivity contribution in [1.29, 1.82) is 0 Å². The number of rotatable bonds is 8. The summed E-state index contributed by atoms with van der Waals surface area (Å²) in [5.74, 6) is -1.87. The van der Waals surface area contributed by atoms with Gasteiger partial charge in [-0.05, 0) is 26.3 Å². The number of hydrogen-bond acceptors (Lipinski definition) is 4. The molecule has 0 fully saturated rings. The zero-order valence-electron chi connectivity index (χ0n) is 17.4. The van der Waals surface area contributed by atoms with Crippen molar-refractivity contribution in [2.45, 2.75) is 46.1 Å². The van der Waals surface area contributed by atoms with Crippen molar-refractivity contribution in [3.63, 3.8) is 0 Å². The standard InChI is InChI=1S/C21H24F3N3O4/c1-4-13(3)27-11-15(19(29)25-5-2)18(28)16(12-27)20(30)26-10-14-8-6-7-9-17(14)31-21(22,23)24/h6-9,11-13H,4-5,10H2,1-3H3,(H,25,29)(H,26,30)/t13-/m0/s1. The minimum absolute atomic E-state index is 0.0790. The Balaban J connectivity index is 2.34. The first-order valence-electron chi connectivity index (χ1n) is 9.73. The number of carbonyl (C=O) groups excluding carboxylic acids is 2. The SMILES string of the molecule is CCNC(=O)c1cn([C@@H](C)CC)cc(C(=O)NCc2ccccc2OC(F)(F)F)c1=O. The number of benzene rings is 1. The van der Waals surface area contributed by atoms with Crippen LogP contribution in [0.5, 0.6) is 5.75 Å². The Hall–Kier alpha value is -3.30. The van der Waals surface area contributed by atoms with E-state index in [4.69, 9.17) is 0 Å². The minimum Gasteiger partial charge on any atom is -0.405 e. The van der Waals surface area contributed by atoms with E-state index in [-0.39, 0.29) is 29.3 Å². The van der Waals surface area contributed by atoms with Crippen molar-refractivity contribution >= 4 is 11.8 Å². The van der Waals surface area contributed by atoms with Gasteiger partial charge in [0.1, 0.15) is 16.9 Å². The number of nitrogens with one attached hydrogen (secondary N) is 2. The first kappa shape index (κ1) is 24.0. The maximum Gasteiger partial charge on any atom is 0.573 e. The van der Waals surface area contributed by atoms with E-state index in [2.05, 4.69) is 15.4 Å². The fourth-order valence-corrected chi connectivity index (χ4v) is 2.79. The van der Waals surface area contributed by atoms with Gasteiger partial charge in [-0.2, -0.15) is 0 Å². The molecular weight excluding hydrogens is 415 g/mol. The van der Waals surface area contributed by atoms with Crippen LogP contribution in [0, 0.1) is 0 Å². The summed E-state index contributed by atoms with van der Waals surface area (Å²) in [5, 5.41) is 4.97. The molecule has 1 aromatic carbocycles. The van der Waals surface area contributed by atoms with Crippen molar-refractivity contribution in [3.05, 3.63) is 63.6 Å². The Kier molecular flexibility index (Phi) is 7.84. The Bertz CT molecular complexity index is 1000. The molecule has 2 N–H and O–H groups in total. The quantitative estimate of drug-likeness (QED) is 0.660. The number of ether oxygens (including phenoxy) is 1. The number of pyridine rings is 1. The highest BCUT2D eigenvalue weighted by molar-refractivity contribution is 5.99. The lowest BCUT2D eigenvalue weighted by atomic mass is 10.1. The van der Waals surface area contributed by atoms with E-state index in [9.17, 15) is 27.6 Å². The molecule has 0 aliphatic heterocycles. The van der Waals surface area contributed by atoms with Crippen LogP contribution in [0.4, 0.5) is 13.2 Å². The van der Waals surface area contributed by atoms with Crippen molar-refractivity contribution < 1.29 is 27.5 Å². The van der Waals surface area contributed by atoms with Crippen molar-refractivity contribution in [2.75, 3.05) is 6.54 Å². The second kappa shape index (κ2) is 10.1. The molecule has 0 spiro atoms. The Morgan fingerprint density at radius 1 is 1.06 bits per heavy atom. The molecule has 0 saturated carbocycles. The molecule has 0 radical (unpaired) electrons. The smallest absolute Gasteiger partial charge is 0.405 e. The monoisotopic (exact) mass is 439 g/mol. The van der Waals surface area contributed by atoms with Gasteiger partial charge in [0.15, 0.2) is 0 Å². The lowest BCUT2D eigenvalue weighted by molar-refractivity contribution is -0.274. The van der Waals surface area contributed by atoms with E-state index in [1.54, 1.807) is 11.5 Å². The van der Waals surface area contributed by atoms with Crippen LogP contribution in [0.3, 0.4) is 0 Å². The van der Waals surface area contributed by atoms with Crippen LogP contribution in [0.15, 0.2) is 41.5 Å². The highest BCUT2D eigenvalue weighted by atomic mass is 19.4. The van der Waals surface area contributed by atoms with Gasteiger partial charge in [-0.3, -0.25) is 14.4 Å². The van der Waals surface area contributed by atoms with Crippen molar-refractivity contribution in [1.82, 2.24) is 15.2 Å². The van der Waals surface area contributed by atoms with E-state index in [0.717, 1.165) is 6.07 Å². The highest BCUT2D eigenvalue weighted by Gasteiger charge is 2.32. The predicted octanol–water partition coefficient (Wildman–Crippen LogP) is 3.40. The van der Waals surface area contributed by atoms with Gasteiger partial charge < -0.3 is 19.9 Å². The number of amides is 2. The summed E-state index contributed by atoms with van der Waals surface area (Å²) >= 11 is 0. The number of halogens is 3. The Labute approximate surface area is 177 Å². The second-order valence-corrected chi connectivity index (χ2v) is 6.82. The van der Waals surface area contributed by atoms with Crippen LogP contribution in [-0.2, 0) is 6.54 Å². The topological polar surface area (TPSA) is 89.4 Å². The third kappa shape index (κ3) is 6.34. The number of alkyl halides is 3. The molecule has 2 aromatic rings. The summed E-state index contributed by atoms with van der Waals surface area (Å²) in [6, 6.07) is 5.26. The fourth-order valence-electron chi connectivity index (χ4n) is 2.79. The van der Waals surface area contributed by atoms with E-state index >= 15 is 0 Å². The van der Waals surface area contributed by atoms with Crippen LogP contribution in [0.1, 0.15) is 59.5 Å². The molecule has 1 heterocycles. The third-order valence-corrected chi connectivity index (χ3v) is 4.61. The third-order valence-electron chi connectivity index (χ3n) is 4.61. The molecule has 10 heteroatoms. The number of nitrogens with zero attached hydrogens (tertiary/aromatic N) is 1. The van der Waals surface area contributed by atoms with Crippen LogP contribution in [0.25, 0.3) is 0 Å². The molecule has 31 heavy (non-hydrogen) atoms. The lowest BCUT2D eigenvalue weighted by Crippen LogP contribution is -2.35. The summed E-state index contributed by atoms with van der Waals surface area (Å²) < 4.78 is 43.3. The van der Waals surface area contributed by atoms with Crippen LogP contribution >= 0.6 is 0 Å². The predicted molar refractivity (Wildman–Crippen MR) is 108 cm³/mol. The van der Waals surface area contributed by atoms with E-state index in [0.29, 0.717) is 13.0 Å². The molecule has 7 nitrogen and oxygen atoms in total. The fraction of sp³-hybridized carbons (Fsp3) is 0.381. The second-order valence-electron chi connectivity index (χ2n) is 6.82. The first-order chi connectivity index (χ1) is 14.6. The molecule has 2 rings (SSSR count). The molecule has 0 aliphatic carbocycles. The normalized spacial score (nSPS) is 12.2. The van der Waals surface area contributed by atoms with E-state index in [1.165, 1.54) is 30.6 Å². The minimum atomic E-state index is -4.88. The molecule has 0 aliphatic rings. The zero-order chi connectivity index (χ0) is 23.2. The van der Waals surface area contributed by atoms with Gasteiger partial charge in [0.05, 0.1) is 0 Å². The Morgan fingerprint density at radius 3 is 2.19 bits per heavy atom. The molecule has 0 saturated heterocycles. The average Bonchev–Trinajstić information content (AvgIpc) is 2.71. The number of para-hydroxylation sites is 1. The van der Waals surface area contributed by atoms with Gasteiger partial charge in [0.2, 0.25) is 5.43 Å². The van der Waals surface area contributed by atoms with Gasteiger partial charge in [0, 0.05) is 37.1 Å². The van der Waals surface area contributed by atoms with Gasteiger partial charge >= 0.3 is 6.36 Å². The highest BCUT2D eigenvalue weighted by Crippen LogP contribution is 2.26. The first-order valence-corrected chi connectivity index (χ1v) is 9.73. The van der Waals surface area contributed by atoms with Gasteiger partial charge in [-0.15, -0.1) is 13.2 Å². The van der Waals surface area contributed by atoms with Crippen LogP contribution in [-0.4, -0.2) is 29.3 Å².